The zero-order chi connectivity index (χ0) is 17.9. The number of nitrogens with zero attached hydrogens (tertiary/aromatic N) is 2. The third-order valence-electron chi connectivity index (χ3n) is 3.34. The predicted molar refractivity (Wildman–Crippen MR) is 116 cm³/mol. The van der Waals surface area contributed by atoms with Crippen molar-refractivity contribution < 1.29 is 9.47 Å². The molecule has 0 aliphatic carbocycles. The molecule has 0 bridgehead atoms. The summed E-state index contributed by atoms with van der Waals surface area (Å²) in [6.45, 7) is 6.07. The highest BCUT2D eigenvalue weighted by Gasteiger charge is 2.06. The van der Waals surface area contributed by atoms with Crippen LogP contribution in [0.2, 0.25) is 0 Å². The number of aromatic nitrogens is 1. The lowest BCUT2D eigenvalue weighted by Crippen LogP contribution is -2.32. The van der Waals surface area contributed by atoms with Gasteiger partial charge >= 0.3 is 0 Å². The molecule has 0 unspecified atom stereocenters. The van der Waals surface area contributed by atoms with Crippen molar-refractivity contribution in [2.75, 3.05) is 13.2 Å². The molecule has 0 atom stereocenters. The number of aliphatic imine (C=N–C) groups is 1. The van der Waals surface area contributed by atoms with Crippen LogP contribution < -0.4 is 20.5 Å². The molecule has 2 rings (SSSR count). The topological polar surface area (TPSA) is 81.8 Å². The molecule has 0 saturated heterocycles. The van der Waals surface area contributed by atoms with E-state index >= 15 is 0 Å². The number of hydrogen-bond acceptors (Lipinski definition) is 4. The summed E-state index contributed by atoms with van der Waals surface area (Å²) in [7, 11) is 0. The number of hydrogen-bond donors (Lipinski definition) is 2. The summed E-state index contributed by atoms with van der Waals surface area (Å²) in [4.78, 5) is 8.63. The first-order chi connectivity index (χ1) is 12.2. The molecule has 0 saturated carbocycles. The lowest BCUT2D eigenvalue weighted by atomic mass is 10.2. The van der Waals surface area contributed by atoms with Crippen LogP contribution in [0.25, 0.3) is 0 Å². The summed E-state index contributed by atoms with van der Waals surface area (Å²) in [5.41, 5.74) is 6.70. The van der Waals surface area contributed by atoms with Gasteiger partial charge in [-0.2, -0.15) is 0 Å². The number of rotatable bonds is 9. The second-order valence-corrected chi connectivity index (χ2v) is 5.52. The number of benzene rings is 1. The molecule has 0 aliphatic rings. The van der Waals surface area contributed by atoms with Crippen LogP contribution in [0.4, 0.5) is 0 Å². The molecule has 1 heterocycles. The Kier molecular flexibility index (Phi) is 10.5. The molecule has 142 valence electrons. The average Bonchev–Trinajstić information content (AvgIpc) is 2.65. The van der Waals surface area contributed by atoms with E-state index in [9.17, 15) is 0 Å². The van der Waals surface area contributed by atoms with Gasteiger partial charge in [0.05, 0.1) is 13.2 Å². The fraction of sp³-hybridized carbons (Fsp3) is 0.368. The molecule has 26 heavy (non-hydrogen) atoms. The summed E-state index contributed by atoms with van der Waals surface area (Å²) < 4.78 is 11.5. The molecule has 0 fully saturated rings. The maximum absolute atomic E-state index is 5.89. The highest BCUT2D eigenvalue weighted by molar-refractivity contribution is 14.0. The van der Waals surface area contributed by atoms with Crippen molar-refractivity contribution in [3.05, 3.63) is 48.2 Å². The smallest absolute Gasteiger partial charge is 0.224 e. The second kappa shape index (κ2) is 12.3. The third kappa shape index (κ3) is 7.47. The van der Waals surface area contributed by atoms with E-state index in [1.165, 1.54) is 0 Å². The van der Waals surface area contributed by atoms with Crippen LogP contribution in [0.5, 0.6) is 17.4 Å². The van der Waals surface area contributed by atoms with E-state index in [0.717, 1.165) is 30.7 Å². The van der Waals surface area contributed by atoms with Crippen molar-refractivity contribution >= 4 is 29.9 Å². The highest BCUT2D eigenvalue weighted by Crippen LogP contribution is 2.25. The number of guanidine groups is 1. The SMILES string of the molecule is CCCNC(N)=NCc1cccnc1Oc1ccc(OCCC)cc1.I. The summed E-state index contributed by atoms with van der Waals surface area (Å²) in [6, 6.07) is 11.3. The lowest BCUT2D eigenvalue weighted by molar-refractivity contribution is 0.317. The molecule has 7 heteroatoms. The maximum Gasteiger partial charge on any atom is 0.224 e. The largest absolute Gasteiger partial charge is 0.494 e. The third-order valence-corrected chi connectivity index (χ3v) is 3.34. The van der Waals surface area contributed by atoms with Crippen molar-refractivity contribution in [3.8, 4) is 17.4 Å². The van der Waals surface area contributed by atoms with Gasteiger partial charge in [0.15, 0.2) is 5.96 Å². The average molecular weight is 470 g/mol. The number of nitrogens with two attached hydrogens (primary N) is 1. The minimum atomic E-state index is 0. The number of nitrogens with one attached hydrogen (secondary N) is 1. The molecule has 1 aromatic heterocycles. The van der Waals surface area contributed by atoms with Gasteiger partial charge in [-0.3, -0.25) is 0 Å². The lowest BCUT2D eigenvalue weighted by Gasteiger charge is -2.10. The van der Waals surface area contributed by atoms with E-state index in [4.69, 9.17) is 15.2 Å². The number of halogens is 1. The molecular formula is C19H27IN4O2. The van der Waals surface area contributed by atoms with Crippen LogP contribution in [0, 0.1) is 0 Å². The van der Waals surface area contributed by atoms with Gasteiger partial charge in [-0.15, -0.1) is 24.0 Å². The monoisotopic (exact) mass is 470 g/mol. The van der Waals surface area contributed by atoms with Crippen molar-refractivity contribution in [3.63, 3.8) is 0 Å². The first-order valence-electron chi connectivity index (χ1n) is 8.61. The van der Waals surface area contributed by atoms with E-state index in [1.807, 2.05) is 36.4 Å². The molecule has 6 nitrogen and oxygen atoms in total. The standard InChI is InChI=1S/C19H26N4O2.HI/c1-3-11-22-19(20)23-14-15-6-5-12-21-18(15)25-17-9-7-16(8-10-17)24-13-4-2;/h5-10,12H,3-4,11,13-14H2,1-2H3,(H3,20,22,23);1H. The quantitative estimate of drug-likeness (QED) is 0.328. The zero-order valence-corrected chi connectivity index (χ0v) is 17.6. The Hall–Kier alpha value is -2.03. The van der Waals surface area contributed by atoms with Crippen molar-refractivity contribution in [1.29, 1.82) is 0 Å². The van der Waals surface area contributed by atoms with Crippen LogP contribution in [0.1, 0.15) is 32.3 Å². The first-order valence-corrected chi connectivity index (χ1v) is 8.61. The minimum Gasteiger partial charge on any atom is -0.494 e. The molecule has 0 radical (unpaired) electrons. The van der Waals surface area contributed by atoms with Crippen molar-refractivity contribution in [1.82, 2.24) is 10.3 Å². The van der Waals surface area contributed by atoms with Gasteiger partial charge in [0.25, 0.3) is 0 Å². The number of pyridine rings is 1. The van der Waals surface area contributed by atoms with Gasteiger partial charge in [0, 0.05) is 18.3 Å². The van der Waals surface area contributed by atoms with Crippen LogP contribution in [0.3, 0.4) is 0 Å². The summed E-state index contributed by atoms with van der Waals surface area (Å²) in [5, 5.41) is 3.05. The molecule has 2 aromatic rings. The van der Waals surface area contributed by atoms with Crippen molar-refractivity contribution in [2.24, 2.45) is 10.7 Å². The van der Waals surface area contributed by atoms with Crippen LogP contribution in [-0.2, 0) is 6.54 Å². The fourth-order valence-electron chi connectivity index (χ4n) is 2.05. The summed E-state index contributed by atoms with van der Waals surface area (Å²) >= 11 is 0. The first kappa shape index (κ1) is 22.0. The van der Waals surface area contributed by atoms with E-state index in [0.29, 0.717) is 30.7 Å². The predicted octanol–water partition coefficient (Wildman–Crippen LogP) is 4.10. The van der Waals surface area contributed by atoms with Gasteiger partial charge in [0.2, 0.25) is 5.88 Å². The molecule has 0 spiro atoms. The fourth-order valence-corrected chi connectivity index (χ4v) is 2.05. The summed E-state index contributed by atoms with van der Waals surface area (Å²) in [5.74, 6) is 2.48. The Bertz CT molecular complexity index is 677. The van der Waals surface area contributed by atoms with Gasteiger partial charge in [-0.05, 0) is 43.2 Å². The van der Waals surface area contributed by atoms with Crippen LogP contribution in [-0.4, -0.2) is 24.1 Å². The van der Waals surface area contributed by atoms with E-state index < -0.39 is 0 Å². The van der Waals surface area contributed by atoms with Gasteiger partial charge in [-0.25, -0.2) is 9.98 Å². The molecule has 0 aliphatic heterocycles. The Morgan fingerprint density at radius 2 is 1.85 bits per heavy atom. The van der Waals surface area contributed by atoms with Gasteiger partial charge in [-0.1, -0.05) is 19.9 Å². The molecular weight excluding hydrogens is 443 g/mol. The zero-order valence-electron chi connectivity index (χ0n) is 15.3. The van der Waals surface area contributed by atoms with Crippen LogP contribution in [0.15, 0.2) is 47.6 Å². The van der Waals surface area contributed by atoms with E-state index in [2.05, 4.69) is 29.1 Å². The Labute approximate surface area is 172 Å². The maximum atomic E-state index is 5.89. The van der Waals surface area contributed by atoms with Gasteiger partial charge < -0.3 is 20.5 Å². The van der Waals surface area contributed by atoms with Crippen molar-refractivity contribution in [2.45, 2.75) is 33.2 Å². The molecule has 3 N–H and O–H groups in total. The second-order valence-electron chi connectivity index (χ2n) is 5.52. The summed E-state index contributed by atoms with van der Waals surface area (Å²) in [6.07, 6.45) is 3.67. The number of ether oxygens (including phenoxy) is 2. The Balaban J connectivity index is 0.00000338. The normalized spacial score (nSPS) is 10.8. The Morgan fingerprint density at radius 3 is 2.54 bits per heavy atom. The highest BCUT2D eigenvalue weighted by atomic mass is 127. The minimum absolute atomic E-state index is 0. The van der Waals surface area contributed by atoms with Crippen LogP contribution >= 0.6 is 24.0 Å². The Morgan fingerprint density at radius 1 is 1.12 bits per heavy atom. The van der Waals surface area contributed by atoms with E-state index in [1.54, 1.807) is 6.20 Å². The molecule has 1 aromatic carbocycles. The van der Waals surface area contributed by atoms with E-state index in [-0.39, 0.29) is 24.0 Å². The molecule has 0 amide bonds. The van der Waals surface area contributed by atoms with Gasteiger partial charge in [0.1, 0.15) is 11.5 Å².